The molecule has 0 radical (unpaired) electrons. The van der Waals surface area contributed by atoms with E-state index in [2.05, 4.69) is 0 Å². The van der Waals surface area contributed by atoms with Gasteiger partial charge in [-0.25, -0.2) is 4.39 Å². The van der Waals surface area contributed by atoms with E-state index in [1.165, 1.54) is 29.7 Å². The van der Waals surface area contributed by atoms with Crippen LogP contribution in [0.3, 0.4) is 0 Å². The summed E-state index contributed by atoms with van der Waals surface area (Å²) >= 11 is 1.22. The molecule has 1 saturated heterocycles. The summed E-state index contributed by atoms with van der Waals surface area (Å²) in [5, 5.41) is 10.3. The summed E-state index contributed by atoms with van der Waals surface area (Å²) in [5.74, 6) is -1.95. The zero-order valence-electron chi connectivity index (χ0n) is 9.63. The second-order valence-corrected chi connectivity index (χ2v) is 5.05. The van der Waals surface area contributed by atoms with E-state index in [1.54, 1.807) is 18.2 Å². The maximum atomic E-state index is 13.7. The van der Waals surface area contributed by atoms with Crippen LogP contribution in [0.15, 0.2) is 24.3 Å². The summed E-state index contributed by atoms with van der Waals surface area (Å²) in [4.78, 5) is 23.8. The number of aliphatic carboxylic acids is 1. The van der Waals surface area contributed by atoms with Crippen molar-refractivity contribution < 1.29 is 19.1 Å². The van der Waals surface area contributed by atoms with Gasteiger partial charge in [0, 0.05) is 5.56 Å². The highest BCUT2D eigenvalue weighted by molar-refractivity contribution is 8.00. The Balaban J connectivity index is 2.35. The van der Waals surface area contributed by atoms with Crippen molar-refractivity contribution in [3.05, 3.63) is 35.6 Å². The van der Waals surface area contributed by atoms with Crippen LogP contribution in [0.4, 0.5) is 4.39 Å². The average molecular weight is 268 g/mol. The molecule has 0 N–H and O–H groups in total. The summed E-state index contributed by atoms with van der Waals surface area (Å²) in [6, 6.07) is 4.98. The first-order chi connectivity index (χ1) is 8.52. The van der Waals surface area contributed by atoms with Crippen molar-refractivity contribution in [1.82, 2.24) is 4.90 Å². The fraction of sp³-hybridized carbons (Fsp3) is 0.333. The lowest BCUT2D eigenvalue weighted by Gasteiger charge is -2.31. The van der Waals surface area contributed by atoms with Crippen molar-refractivity contribution in [3.8, 4) is 0 Å². The first kappa shape index (κ1) is 12.9. The van der Waals surface area contributed by atoms with Gasteiger partial charge in [0.15, 0.2) is 0 Å². The van der Waals surface area contributed by atoms with Gasteiger partial charge in [-0.1, -0.05) is 18.2 Å². The van der Waals surface area contributed by atoms with Crippen LogP contribution in [0.25, 0.3) is 0 Å². The van der Waals surface area contributed by atoms with Crippen molar-refractivity contribution in [3.63, 3.8) is 0 Å². The van der Waals surface area contributed by atoms with E-state index < -0.39 is 23.2 Å². The van der Waals surface area contributed by atoms with Crippen LogP contribution >= 0.6 is 11.8 Å². The third kappa shape index (κ3) is 2.20. The number of thioether (sulfide) groups is 1. The Labute approximate surface area is 108 Å². The number of nitrogens with zero attached hydrogens (tertiary/aromatic N) is 1. The molecule has 1 aromatic rings. The van der Waals surface area contributed by atoms with Gasteiger partial charge in [0.25, 0.3) is 0 Å². The van der Waals surface area contributed by atoms with E-state index in [4.69, 9.17) is 0 Å². The van der Waals surface area contributed by atoms with Crippen LogP contribution in [0.1, 0.15) is 17.9 Å². The molecule has 1 fully saturated rings. The van der Waals surface area contributed by atoms with E-state index in [0.29, 0.717) is 5.56 Å². The summed E-state index contributed by atoms with van der Waals surface area (Å²) in [6.45, 7) is 1.37. The molecule has 0 unspecified atom stereocenters. The topological polar surface area (TPSA) is 60.4 Å². The smallest absolute Gasteiger partial charge is 0.234 e. The highest BCUT2D eigenvalue weighted by Crippen LogP contribution is 2.40. The van der Waals surface area contributed by atoms with Crippen molar-refractivity contribution in [2.24, 2.45) is 0 Å². The summed E-state index contributed by atoms with van der Waals surface area (Å²) in [7, 11) is 0. The number of hydrogen-bond donors (Lipinski definition) is 0. The summed E-state index contributed by atoms with van der Waals surface area (Å²) < 4.78 is 13.7. The average Bonchev–Trinajstić information content (AvgIpc) is 2.70. The monoisotopic (exact) mass is 268 g/mol. The van der Waals surface area contributed by atoms with Gasteiger partial charge in [0.1, 0.15) is 11.2 Å². The second-order valence-electron chi connectivity index (χ2n) is 3.98. The van der Waals surface area contributed by atoms with E-state index in [1.807, 2.05) is 0 Å². The molecule has 18 heavy (non-hydrogen) atoms. The number of carbonyl (C=O) groups excluding carboxylic acids is 2. The third-order valence-corrected chi connectivity index (χ3v) is 4.05. The molecule has 1 heterocycles. The first-order valence-electron chi connectivity index (χ1n) is 5.40. The lowest BCUT2D eigenvalue weighted by atomic mass is 10.1. The quantitative estimate of drug-likeness (QED) is 0.802. The van der Waals surface area contributed by atoms with Gasteiger partial charge in [-0.2, -0.15) is 0 Å². The van der Waals surface area contributed by atoms with Gasteiger partial charge in [-0.15, -0.1) is 11.8 Å². The van der Waals surface area contributed by atoms with Crippen LogP contribution in [-0.4, -0.2) is 28.6 Å². The highest BCUT2D eigenvalue weighted by atomic mass is 32.2. The molecule has 6 heteroatoms. The zero-order chi connectivity index (χ0) is 13.3. The van der Waals surface area contributed by atoms with Crippen molar-refractivity contribution in [2.75, 3.05) is 5.75 Å². The lowest BCUT2D eigenvalue weighted by Crippen LogP contribution is -2.47. The molecule has 2 atom stereocenters. The van der Waals surface area contributed by atoms with Gasteiger partial charge in [0.2, 0.25) is 5.91 Å². The van der Waals surface area contributed by atoms with Crippen LogP contribution in [-0.2, 0) is 9.59 Å². The van der Waals surface area contributed by atoms with Gasteiger partial charge in [0.05, 0.1) is 17.8 Å². The predicted octanol–water partition coefficient (Wildman–Crippen LogP) is 0.538. The molecule has 0 aliphatic carbocycles. The van der Waals surface area contributed by atoms with Gasteiger partial charge in [-0.05, 0) is 13.0 Å². The Morgan fingerprint density at radius 3 is 2.83 bits per heavy atom. The van der Waals surface area contributed by atoms with E-state index in [-0.39, 0.29) is 11.7 Å². The second kappa shape index (κ2) is 4.97. The Hall–Kier alpha value is -1.56. The molecule has 0 bridgehead atoms. The minimum atomic E-state index is -1.34. The standard InChI is InChI=1S/C12H12FNO3S/c1-7(12(16)17)14-10(15)6-18-11(14)8-4-2-3-5-9(8)13/h2-5,7,11H,6H2,1H3,(H,16,17)/p-1/t7-,11-/m1/s1. The number of hydrogen-bond acceptors (Lipinski definition) is 4. The Morgan fingerprint density at radius 2 is 2.22 bits per heavy atom. The summed E-state index contributed by atoms with van der Waals surface area (Å²) in [5.41, 5.74) is 0.321. The van der Waals surface area contributed by atoms with E-state index in [9.17, 15) is 19.1 Å². The number of amides is 1. The van der Waals surface area contributed by atoms with Gasteiger partial charge in [-0.3, -0.25) is 4.79 Å². The fourth-order valence-electron chi connectivity index (χ4n) is 1.88. The van der Waals surface area contributed by atoms with Gasteiger partial charge >= 0.3 is 0 Å². The minimum absolute atomic E-state index is 0.149. The molecule has 0 spiro atoms. The molecular weight excluding hydrogens is 257 g/mol. The number of carboxylic acids is 1. The van der Waals surface area contributed by atoms with Crippen LogP contribution < -0.4 is 5.11 Å². The SMILES string of the molecule is C[C@H](C(=O)[O-])N1C(=O)CS[C@@H]1c1ccccc1F. The van der Waals surface area contributed by atoms with Crippen molar-refractivity contribution in [1.29, 1.82) is 0 Å². The normalized spacial score (nSPS) is 21.1. The molecule has 1 aromatic carbocycles. The highest BCUT2D eigenvalue weighted by Gasteiger charge is 2.37. The first-order valence-corrected chi connectivity index (χ1v) is 6.45. The predicted molar refractivity (Wildman–Crippen MR) is 62.9 cm³/mol. The van der Waals surface area contributed by atoms with Crippen LogP contribution in [0.5, 0.6) is 0 Å². The third-order valence-electron chi connectivity index (χ3n) is 2.83. The maximum Gasteiger partial charge on any atom is 0.234 e. The molecule has 1 amide bonds. The number of benzene rings is 1. The number of carboxylic acid groups (broad SMARTS) is 1. The molecule has 1 aliphatic heterocycles. The Morgan fingerprint density at radius 1 is 1.56 bits per heavy atom. The van der Waals surface area contributed by atoms with Crippen molar-refractivity contribution in [2.45, 2.75) is 18.3 Å². The van der Waals surface area contributed by atoms with Gasteiger partial charge < -0.3 is 14.8 Å². The Bertz CT molecular complexity index is 494. The number of halogens is 1. The molecule has 2 rings (SSSR count). The molecule has 96 valence electrons. The summed E-state index contributed by atoms with van der Waals surface area (Å²) in [6.07, 6.45) is 0. The number of rotatable bonds is 3. The van der Waals surface area contributed by atoms with Crippen molar-refractivity contribution >= 4 is 23.6 Å². The van der Waals surface area contributed by atoms with E-state index in [0.717, 1.165) is 0 Å². The van der Waals surface area contributed by atoms with Crippen LogP contribution in [0, 0.1) is 5.82 Å². The minimum Gasteiger partial charge on any atom is -0.548 e. The van der Waals surface area contributed by atoms with Crippen LogP contribution in [0.2, 0.25) is 0 Å². The molecule has 0 aromatic heterocycles. The number of carbonyl (C=O) groups is 2. The molecule has 1 aliphatic rings. The largest absolute Gasteiger partial charge is 0.548 e. The zero-order valence-corrected chi connectivity index (χ0v) is 10.4. The van der Waals surface area contributed by atoms with E-state index >= 15 is 0 Å². The molecule has 4 nitrogen and oxygen atoms in total. The maximum absolute atomic E-state index is 13.7. The molecular formula is C12H11FNO3S-. The Kier molecular flexibility index (Phi) is 3.56. The fourth-order valence-corrected chi connectivity index (χ4v) is 3.16. The molecule has 0 saturated carbocycles. The lowest BCUT2D eigenvalue weighted by molar-refractivity contribution is -0.310.